The van der Waals surface area contributed by atoms with Gasteiger partial charge < -0.3 is 5.32 Å². The molecule has 0 saturated carbocycles. The number of allylic oxidation sites excluding steroid dienone is 4. The zero-order valence-corrected chi connectivity index (χ0v) is 7.17. The van der Waals surface area contributed by atoms with E-state index in [4.69, 9.17) is 0 Å². The van der Waals surface area contributed by atoms with Crippen LogP contribution in [0.25, 0.3) is 0 Å². The SMILES string of the molecule is CNCC1=CC=CC(C)C=C1. The molecule has 0 radical (unpaired) electrons. The van der Waals surface area contributed by atoms with E-state index >= 15 is 0 Å². The molecule has 0 amide bonds. The molecule has 60 valence electrons. The minimum Gasteiger partial charge on any atom is -0.316 e. The van der Waals surface area contributed by atoms with Gasteiger partial charge in [0.1, 0.15) is 0 Å². The van der Waals surface area contributed by atoms with Crippen LogP contribution in [0.1, 0.15) is 6.92 Å². The van der Waals surface area contributed by atoms with E-state index in [1.807, 2.05) is 7.05 Å². The molecule has 0 aromatic heterocycles. The molecule has 0 fully saturated rings. The molecule has 1 rings (SSSR count). The van der Waals surface area contributed by atoms with Crippen LogP contribution in [0.4, 0.5) is 0 Å². The first kappa shape index (κ1) is 8.28. The summed E-state index contributed by atoms with van der Waals surface area (Å²) in [7, 11) is 1.96. The summed E-state index contributed by atoms with van der Waals surface area (Å²) in [5.41, 5.74) is 1.34. The number of nitrogens with one attached hydrogen (secondary N) is 1. The van der Waals surface area contributed by atoms with Crippen molar-refractivity contribution in [3.63, 3.8) is 0 Å². The van der Waals surface area contributed by atoms with Gasteiger partial charge in [-0.15, -0.1) is 0 Å². The molecule has 1 heteroatoms. The van der Waals surface area contributed by atoms with Crippen LogP contribution in [0.15, 0.2) is 36.0 Å². The van der Waals surface area contributed by atoms with Gasteiger partial charge in [-0.1, -0.05) is 37.3 Å². The molecule has 0 spiro atoms. The average molecular weight is 149 g/mol. The zero-order chi connectivity index (χ0) is 8.10. The largest absolute Gasteiger partial charge is 0.316 e. The Morgan fingerprint density at radius 3 is 3.00 bits per heavy atom. The lowest BCUT2D eigenvalue weighted by molar-refractivity contribution is 0.892. The van der Waals surface area contributed by atoms with Crippen molar-refractivity contribution in [3.05, 3.63) is 36.0 Å². The second-order valence-corrected chi connectivity index (χ2v) is 2.88. The van der Waals surface area contributed by atoms with E-state index < -0.39 is 0 Å². The Morgan fingerprint density at radius 1 is 1.45 bits per heavy atom. The van der Waals surface area contributed by atoms with Crippen molar-refractivity contribution in [2.45, 2.75) is 6.92 Å². The lowest BCUT2D eigenvalue weighted by Crippen LogP contribution is -2.08. The number of hydrogen-bond acceptors (Lipinski definition) is 1. The third-order valence-corrected chi connectivity index (χ3v) is 1.72. The maximum atomic E-state index is 3.13. The van der Waals surface area contributed by atoms with Crippen molar-refractivity contribution in [2.75, 3.05) is 13.6 Å². The van der Waals surface area contributed by atoms with Gasteiger partial charge in [0.25, 0.3) is 0 Å². The van der Waals surface area contributed by atoms with Gasteiger partial charge in [0.15, 0.2) is 0 Å². The smallest absolute Gasteiger partial charge is 0.0202 e. The lowest BCUT2D eigenvalue weighted by atomic mass is 10.1. The molecular weight excluding hydrogens is 134 g/mol. The van der Waals surface area contributed by atoms with Crippen LogP contribution in [0, 0.1) is 5.92 Å². The fourth-order valence-electron chi connectivity index (χ4n) is 1.07. The third kappa shape index (κ3) is 2.72. The molecule has 1 aliphatic rings. The van der Waals surface area contributed by atoms with Gasteiger partial charge >= 0.3 is 0 Å². The van der Waals surface area contributed by atoms with Crippen molar-refractivity contribution in [2.24, 2.45) is 5.92 Å². The number of rotatable bonds is 2. The molecule has 0 saturated heterocycles. The highest BCUT2D eigenvalue weighted by atomic mass is 14.8. The van der Waals surface area contributed by atoms with E-state index in [0.717, 1.165) is 6.54 Å². The summed E-state index contributed by atoms with van der Waals surface area (Å²) in [6, 6.07) is 0. The Hall–Kier alpha value is -0.820. The van der Waals surface area contributed by atoms with E-state index in [-0.39, 0.29) is 0 Å². The van der Waals surface area contributed by atoms with Crippen LogP contribution in [0.3, 0.4) is 0 Å². The monoisotopic (exact) mass is 149 g/mol. The second kappa shape index (κ2) is 4.14. The van der Waals surface area contributed by atoms with Gasteiger partial charge in [-0.3, -0.25) is 0 Å². The highest BCUT2D eigenvalue weighted by Crippen LogP contribution is 2.08. The summed E-state index contributed by atoms with van der Waals surface area (Å²) < 4.78 is 0. The van der Waals surface area contributed by atoms with E-state index in [0.29, 0.717) is 5.92 Å². The Labute approximate surface area is 68.5 Å². The van der Waals surface area contributed by atoms with E-state index in [1.54, 1.807) is 0 Å². The Bertz CT molecular complexity index is 199. The molecule has 1 aliphatic carbocycles. The molecule has 0 bridgehead atoms. The Balaban J connectivity index is 2.61. The van der Waals surface area contributed by atoms with Gasteiger partial charge in [-0.25, -0.2) is 0 Å². The quantitative estimate of drug-likeness (QED) is 0.632. The highest BCUT2D eigenvalue weighted by Gasteiger charge is 1.95. The predicted octanol–water partition coefficient (Wildman–Crippen LogP) is 1.89. The fourth-order valence-corrected chi connectivity index (χ4v) is 1.07. The molecule has 0 aromatic rings. The molecular formula is C10H15N. The summed E-state index contributed by atoms with van der Waals surface area (Å²) >= 11 is 0. The minimum absolute atomic E-state index is 0.570. The van der Waals surface area contributed by atoms with Crippen LogP contribution in [-0.2, 0) is 0 Å². The lowest BCUT2D eigenvalue weighted by Gasteiger charge is -1.97. The van der Waals surface area contributed by atoms with Crippen molar-refractivity contribution >= 4 is 0 Å². The first-order valence-electron chi connectivity index (χ1n) is 4.03. The van der Waals surface area contributed by atoms with Crippen LogP contribution < -0.4 is 5.32 Å². The molecule has 1 N–H and O–H groups in total. The normalized spacial score (nSPS) is 23.1. The molecule has 1 nitrogen and oxygen atoms in total. The van der Waals surface area contributed by atoms with E-state index in [9.17, 15) is 0 Å². The van der Waals surface area contributed by atoms with Crippen molar-refractivity contribution in [3.8, 4) is 0 Å². The van der Waals surface area contributed by atoms with E-state index in [2.05, 4.69) is 42.6 Å². The highest BCUT2D eigenvalue weighted by molar-refractivity contribution is 5.29. The first-order valence-corrected chi connectivity index (χ1v) is 4.03. The first-order chi connectivity index (χ1) is 5.33. The molecule has 0 aliphatic heterocycles. The summed E-state index contributed by atoms with van der Waals surface area (Å²) in [6.07, 6.45) is 10.9. The molecule has 0 heterocycles. The fraction of sp³-hybridized carbons (Fsp3) is 0.400. The Kier molecular flexibility index (Phi) is 3.12. The second-order valence-electron chi connectivity index (χ2n) is 2.88. The van der Waals surface area contributed by atoms with Gasteiger partial charge in [0.05, 0.1) is 0 Å². The third-order valence-electron chi connectivity index (χ3n) is 1.72. The molecule has 11 heavy (non-hydrogen) atoms. The summed E-state index contributed by atoms with van der Waals surface area (Å²) in [5.74, 6) is 0.570. The predicted molar refractivity (Wildman–Crippen MR) is 49.5 cm³/mol. The van der Waals surface area contributed by atoms with Crippen LogP contribution in [0.5, 0.6) is 0 Å². The summed E-state index contributed by atoms with van der Waals surface area (Å²) in [6.45, 7) is 3.14. The molecule has 1 atom stereocenters. The topological polar surface area (TPSA) is 12.0 Å². The van der Waals surface area contributed by atoms with Crippen molar-refractivity contribution in [1.82, 2.24) is 5.32 Å². The van der Waals surface area contributed by atoms with Gasteiger partial charge in [0.2, 0.25) is 0 Å². The van der Waals surface area contributed by atoms with Crippen LogP contribution >= 0.6 is 0 Å². The summed E-state index contributed by atoms with van der Waals surface area (Å²) in [4.78, 5) is 0. The molecule has 1 unspecified atom stereocenters. The van der Waals surface area contributed by atoms with Crippen LogP contribution in [-0.4, -0.2) is 13.6 Å². The average Bonchev–Trinajstić information content (AvgIpc) is 2.17. The Morgan fingerprint density at radius 2 is 2.27 bits per heavy atom. The zero-order valence-electron chi connectivity index (χ0n) is 7.17. The van der Waals surface area contributed by atoms with Crippen molar-refractivity contribution < 1.29 is 0 Å². The van der Waals surface area contributed by atoms with Crippen molar-refractivity contribution in [1.29, 1.82) is 0 Å². The van der Waals surface area contributed by atoms with E-state index in [1.165, 1.54) is 5.57 Å². The van der Waals surface area contributed by atoms with Gasteiger partial charge in [-0.05, 0) is 18.5 Å². The number of likely N-dealkylation sites (N-methyl/N-ethyl adjacent to an activating group) is 1. The number of hydrogen-bond donors (Lipinski definition) is 1. The van der Waals surface area contributed by atoms with Gasteiger partial charge in [-0.2, -0.15) is 0 Å². The summed E-state index contributed by atoms with van der Waals surface area (Å²) in [5, 5.41) is 3.13. The standard InChI is InChI=1S/C10H15N/c1-9-4-3-5-10(7-6-9)8-11-2/h3-7,9,11H,8H2,1-2H3. The van der Waals surface area contributed by atoms with Gasteiger partial charge in [0, 0.05) is 6.54 Å². The maximum Gasteiger partial charge on any atom is 0.0202 e. The van der Waals surface area contributed by atoms with Crippen LogP contribution in [0.2, 0.25) is 0 Å². The maximum absolute atomic E-state index is 3.13. The minimum atomic E-state index is 0.570. The molecule has 0 aromatic carbocycles.